The van der Waals surface area contributed by atoms with Gasteiger partial charge in [0.05, 0.1) is 28.7 Å². The number of nitro benzene ring substituents is 1. The maximum absolute atomic E-state index is 13.5. The average Bonchev–Trinajstić information content (AvgIpc) is 2.79. The molecule has 1 aromatic carbocycles. The SMILES string of the molecule is O=[N+]([O-])c1cc(F)cc(F)c1NCc1cscn1. The van der Waals surface area contributed by atoms with Crippen molar-refractivity contribution in [1.29, 1.82) is 0 Å². The van der Waals surface area contributed by atoms with Gasteiger partial charge in [-0.15, -0.1) is 11.3 Å². The first kappa shape index (κ1) is 12.4. The molecule has 0 aliphatic heterocycles. The second-order valence-corrected chi connectivity index (χ2v) is 4.09. The van der Waals surface area contributed by atoms with Gasteiger partial charge in [0.25, 0.3) is 5.69 Å². The van der Waals surface area contributed by atoms with Crippen LogP contribution in [0.25, 0.3) is 0 Å². The van der Waals surface area contributed by atoms with Crippen LogP contribution in [0.5, 0.6) is 0 Å². The molecule has 1 heterocycles. The summed E-state index contributed by atoms with van der Waals surface area (Å²) in [6.07, 6.45) is 0. The first-order chi connectivity index (χ1) is 8.58. The van der Waals surface area contributed by atoms with Gasteiger partial charge in [0.1, 0.15) is 11.5 Å². The largest absolute Gasteiger partial charge is 0.371 e. The van der Waals surface area contributed by atoms with Crippen LogP contribution in [0.1, 0.15) is 5.69 Å². The number of thiazole rings is 1. The smallest absolute Gasteiger partial charge is 0.298 e. The van der Waals surface area contributed by atoms with Crippen molar-refractivity contribution in [3.63, 3.8) is 0 Å². The summed E-state index contributed by atoms with van der Waals surface area (Å²) in [5.74, 6) is -1.99. The Hall–Kier alpha value is -2.09. The van der Waals surface area contributed by atoms with E-state index in [0.717, 1.165) is 0 Å². The number of hydrogen-bond acceptors (Lipinski definition) is 5. The summed E-state index contributed by atoms with van der Waals surface area (Å²) in [7, 11) is 0. The molecule has 94 valence electrons. The number of halogens is 2. The van der Waals surface area contributed by atoms with E-state index in [1.807, 2.05) is 0 Å². The Morgan fingerprint density at radius 2 is 2.22 bits per heavy atom. The topological polar surface area (TPSA) is 68.1 Å². The number of hydrogen-bond donors (Lipinski definition) is 1. The van der Waals surface area contributed by atoms with Crippen molar-refractivity contribution in [1.82, 2.24) is 4.98 Å². The van der Waals surface area contributed by atoms with Crippen molar-refractivity contribution in [2.75, 3.05) is 5.32 Å². The molecule has 0 aliphatic rings. The van der Waals surface area contributed by atoms with E-state index in [1.165, 1.54) is 11.3 Å². The van der Waals surface area contributed by atoms with Gasteiger partial charge in [-0.3, -0.25) is 10.1 Å². The third-order valence-corrected chi connectivity index (χ3v) is 2.80. The minimum atomic E-state index is -1.00. The van der Waals surface area contributed by atoms with Crippen LogP contribution < -0.4 is 5.32 Å². The fourth-order valence-corrected chi connectivity index (χ4v) is 1.94. The van der Waals surface area contributed by atoms with Gasteiger partial charge < -0.3 is 5.32 Å². The number of aromatic nitrogens is 1. The molecule has 0 spiro atoms. The Kier molecular flexibility index (Phi) is 3.47. The highest BCUT2D eigenvalue weighted by molar-refractivity contribution is 7.07. The van der Waals surface area contributed by atoms with Gasteiger partial charge in [-0.25, -0.2) is 13.8 Å². The predicted octanol–water partition coefficient (Wildman–Crippen LogP) is 2.94. The average molecular weight is 271 g/mol. The third kappa shape index (κ3) is 2.59. The number of nitrogens with zero attached hydrogens (tertiary/aromatic N) is 2. The lowest BCUT2D eigenvalue weighted by molar-refractivity contribution is -0.384. The summed E-state index contributed by atoms with van der Waals surface area (Å²) in [5.41, 5.74) is 1.24. The van der Waals surface area contributed by atoms with Crippen LogP contribution in [0, 0.1) is 21.7 Å². The minimum absolute atomic E-state index is 0.132. The van der Waals surface area contributed by atoms with E-state index in [4.69, 9.17) is 0 Å². The van der Waals surface area contributed by atoms with Crippen LogP contribution >= 0.6 is 11.3 Å². The lowest BCUT2D eigenvalue weighted by atomic mass is 10.2. The number of nitro groups is 1. The predicted molar refractivity (Wildman–Crippen MR) is 62.5 cm³/mol. The molecule has 2 rings (SSSR count). The lowest BCUT2D eigenvalue weighted by Gasteiger charge is -2.06. The summed E-state index contributed by atoms with van der Waals surface area (Å²) in [5, 5.41) is 15.0. The summed E-state index contributed by atoms with van der Waals surface area (Å²) in [4.78, 5) is 13.8. The van der Waals surface area contributed by atoms with E-state index in [0.29, 0.717) is 17.8 Å². The highest BCUT2D eigenvalue weighted by Crippen LogP contribution is 2.29. The standard InChI is InChI=1S/C10H7F2N3O2S/c11-6-1-8(12)10(9(2-6)15(16)17)13-3-7-4-18-5-14-7/h1-2,4-5,13H,3H2. The molecule has 0 amide bonds. The van der Waals surface area contributed by atoms with E-state index in [9.17, 15) is 18.9 Å². The molecular weight excluding hydrogens is 264 g/mol. The van der Waals surface area contributed by atoms with Crippen molar-refractivity contribution in [3.8, 4) is 0 Å². The van der Waals surface area contributed by atoms with Crippen LogP contribution in [-0.4, -0.2) is 9.91 Å². The molecule has 0 saturated carbocycles. The molecule has 1 aromatic heterocycles. The van der Waals surface area contributed by atoms with Gasteiger partial charge in [0.2, 0.25) is 0 Å². The first-order valence-corrected chi connectivity index (χ1v) is 5.76. The zero-order valence-corrected chi connectivity index (χ0v) is 9.71. The Balaban J connectivity index is 2.28. The van der Waals surface area contributed by atoms with E-state index in [-0.39, 0.29) is 12.2 Å². The van der Waals surface area contributed by atoms with Gasteiger partial charge in [-0.1, -0.05) is 0 Å². The second-order valence-electron chi connectivity index (χ2n) is 3.37. The normalized spacial score (nSPS) is 10.3. The zero-order chi connectivity index (χ0) is 13.1. The maximum atomic E-state index is 13.5. The van der Waals surface area contributed by atoms with E-state index in [1.54, 1.807) is 10.9 Å². The Morgan fingerprint density at radius 3 is 2.83 bits per heavy atom. The molecule has 1 N–H and O–H groups in total. The van der Waals surface area contributed by atoms with E-state index >= 15 is 0 Å². The highest BCUT2D eigenvalue weighted by Gasteiger charge is 2.20. The van der Waals surface area contributed by atoms with Crippen LogP contribution in [-0.2, 0) is 6.54 Å². The van der Waals surface area contributed by atoms with Crippen molar-refractivity contribution >= 4 is 22.7 Å². The summed E-state index contributed by atoms with van der Waals surface area (Å²) < 4.78 is 26.4. The molecule has 8 heteroatoms. The Morgan fingerprint density at radius 1 is 1.44 bits per heavy atom. The Bertz CT molecular complexity index is 575. The molecule has 2 aromatic rings. The van der Waals surface area contributed by atoms with Gasteiger partial charge in [0.15, 0.2) is 5.82 Å². The zero-order valence-electron chi connectivity index (χ0n) is 8.89. The molecular formula is C10H7F2N3O2S. The molecule has 18 heavy (non-hydrogen) atoms. The molecule has 0 fully saturated rings. The minimum Gasteiger partial charge on any atom is -0.371 e. The first-order valence-electron chi connectivity index (χ1n) is 4.82. The van der Waals surface area contributed by atoms with Gasteiger partial charge in [-0.05, 0) is 0 Å². The Labute approximate surface area is 104 Å². The number of benzene rings is 1. The van der Waals surface area contributed by atoms with Crippen molar-refractivity contribution < 1.29 is 13.7 Å². The number of nitrogens with one attached hydrogen (secondary N) is 1. The van der Waals surface area contributed by atoms with Crippen LogP contribution in [0.4, 0.5) is 20.2 Å². The van der Waals surface area contributed by atoms with Crippen molar-refractivity contribution in [3.05, 3.63) is 50.5 Å². The third-order valence-electron chi connectivity index (χ3n) is 2.16. The quantitative estimate of drug-likeness (QED) is 0.685. The fourth-order valence-electron chi connectivity index (χ4n) is 1.38. The lowest BCUT2D eigenvalue weighted by Crippen LogP contribution is -2.05. The molecule has 0 radical (unpaired) electrons. The second kappa shape index (κ2) is 5.05. The summed E-state index contributed by atoms with van der Waals surface area (Å²) >= 11 is 1.35. The summed E-state index contributed by atoms with van der Waals surface area (Å²) in [6.45, 7) is 0.132. The highest BCUT2D eigenvalue weighted by atomic mass is 32.1. The van der Waals surface area contributed by atoms with Crippen LogP contribution in [0.15, 0.2) is 23.0 Å². The van der Waals surface area contributed by atoms with Gasteiger partial charge in [0, 0.05) is 11.4 Å². The monoisotopic (exact) mass is 271 g/mol. The molecule has 5 nitrogen and oxygen atoms in total. The van der Waals surface area contributed by atoms with E-state index in [2.05, 4.69) is 10.3 Å². The number of anilines is 1. The maximum Gasteiger partial charge on any atom is 0.298 e. The molecule has 0 bridgehead atoms. The van der Waals surface area contributed by atoms with Gasteiger partial charge >= 0.3 is 0 Å². The van der Waals surface area contributed by atoms with Crippen molar-refractivity contribution in [2.24, 2.45) is 0 Å². The molecule has 0 aliphatic carbocycles. The molecule has 0 saturated heterocycles. The van der Waals surface area contributed by atoms with Gasteiger partial charge in [-0.2, -0.15) is 0 Å². The van der Waals surface area contributed by atoms with Crippen LogP contribution in [0.3, 0.4) is 0 Å². The molecule has 0 atom stereocenters. The fraction of sp³-hybridized carbons (Fsp3) is 0.100. The summed E-state index contributed by atoms with van der Waals surface area (Å²) in [6, 6.07) is 1.27. The van der Waals surface area contributed by atoms with Crippen molar-refractivity contribution in [2.45, 2.75) is 6.54 Å². The molecule has 0 unspecified atom stereocenters. The van der Waals surface area contributed by atoms with Crippen LogP contribution in [0.2, 0.25) is 0 Å². The van der Waals surface area contributed by atoms with E-state index < -0.39 is 22.2 Å². The number of rotatable bonds is 4.